The first kappa shape index (κ1) is 12.6. The molecular formula is C13H22N2O2. The van der Waals surface area contributed by atoms with Crippen LogP contribution in [0.15, 0.2) is 10.6 Å². The van der Waals surface area contributed by atoms with E-state index in [0.717, 1.165) is 24.5 Å². The normalized spacial score (nSPS) is 17.5. The maximum Gasteiger partial charge on any atom is 0.162 e. The average Bonchev–Trinajstić information content (AvgIpc) is 2.83. The lowest BCUT2D eigenvalue weighted by Crippen LogP contribution is -2.16. The minimum atomic E-state index is 0.422. The molecule has 4 heteroatoms. The lowest BCUT2D eigenvalue weighted by molar-refractivity contribution is 0.00667. The fraction of sp³-hybridized carbons (Fsp3) is 0.769. The molecule has 0 aromatic carbocycles. The van der Waals surface area contributed by atoms with Gasteiger partial charge < -0.3 is 14.6 Å². The molecule has 1 aliphatic carbocycles. The zero-order chi connectivity index (χ0) is 11.9. The fourth-order valence-corrected chi connectivity index (χ4v) is 2.19. The number of hydrogen-bond donors (Lipinski definition) is 1. The smallest absolute Gasteiger partial charge is 0.162 e. The fourth-order valence-electron chi connectivity index (χ4n) is 2.19. The molecule has 1 N–H and O–H groups in total. The molecule has 0 saturated heterocycles. The molecule has 96 valence electrons. The predicted octanol–water partition coefficient (Wildman–Crippen LogP) is 2.63. The number of ether oxygens (including phenoxy) is 1. The number of hydrogen-bond acceptors (Lipinski definition) is 4. The minimum absolute atomic E-state index is 0.422. The molecule has 1 heterocycles. The second kappa shape index (κ2) is 6.77. The van der Waals surface area contributed by atoms with Gasteiger partial charge in [0.25, 0.3) is 0 Å². The van der Waals surface area contributed by atoms with E-state index in [0.29, 0.717) is 12.7 Å². The summed E-state index contributed by atoms with van der Waals surface area (Å²) in [5.74, 6) is 0.837. The lowest BCUT2D eigenvalue weighted by atomic mass is 9.98. The van der Waals surface area contributed by atoms with Gasteiger partial charge in [-0.25, -0.2) is 0 Å². The topological polar surface area (TPSA) is 47.3 Å². The van der Waals surface area contributed by atoms with Crippen LogP contribution in [0.2, 0.25) is 0 Å². The van der Waals surface area contributed by atoms with Crippen LogP contribution in [0.1, 0.15) is 50.5 Å². The van der Waals surface area contributed by atoms with E-state index in [2.05, 4.69) is 17.4 Å². The van der Waals surface area contributed by atoms with Gasteiger partial charge in [0, 0.05) is 12.6 Å². The molecule has 1 aromatic heterocycles. The maximum absolute atomic E-state index is 5.83. The molecule has 1 saturated carbocycles. The summed E-state index contributed by atoms with van der Waals surface area (Å²) in [6.07, 6.45) is 6.76. The molecule has 0 spiro atoms. The number of nitrogens with one attached hydrogen (secondary N) is 1. The van der Waals surface area contributed by atoms with Crippen molar-refractivity contribution in [1.82, 2.24) is 10.5 Å². The monoisotopic (exact) mass is 238 g/mol. The molecule has 1 aliphatic rings. The molecule has 0 atom stereocenters. The summed E-state index contributed by atoms with van der Waals surface area (Å²) in [5.41, 5.74) is 0.953. The van der Waals surface area contributed by atoms with Gasteiger partial charge in [-0.05, 0) is 19.4 Å². The van der Waals surface area contributed by atoms with Gasteiger partial charge in [0.2, 0.25) is 0 Å². The third-order valence-corrected chi connectivity index (χ3v) is 3.18. The van der Waals surface area contributed by atoms with Gasteiger partial charge >= 0.3 is 0 Å². The molecule has 1 fully saturated rings. The largest absolute Gasteiger partial charge is 0.370 e. The van der Waals surface area contributed by atoms with E-state index in [1.165, 1.54) is 32.1 Å². The zero-order valence-electron chi connectivity index (χ0n) is 10.6. The summed E-state index contributed by atoms with van der Waals surface area (Å²) in [7, 11) is 0. The number of rotatable bonds is 6. The van der Waals surface area contributed by atoms with Crippen LogP contribution >= 0.6 is 0 Å². The van der Waals surface area contributed by atoms with Crippen LogP contribution in [-0.2, 0) is 17.9 Å². The van der Waals surface area contributed by atoms with Gasteiger partial charge in [-0.1, -0.05) is 31.3 Å². The minimum Gasteiger partial charge on any atom is -0.370 e. The van der Waals surface area contributed by atoms with Gasteiger partial charge in [0.1, 0.15) is 6.61 Å². The van der Waals surface area contributed by atoms with Crippen LogP contribution in [0.25, 0.3) is 0 Å². The van der Waals surface area contributed by atoms with Crippen LogP contribution in [-0.4, -0.2) is 17.8 Å². The molecule has 0 bridgehead atoms. The average molecular weight is 238 g/mol. The summed E-state index contributed by atoms with van der Waals surface area (Å²) < 4.78 is 11.1. The number of aromatic nitrogens is 1. The van der Waals surface area contributed by atoms with Gasteiger partial charge in [0.05, 0.1) is 11.8 Å². The van der Waals surface area contributed by atoms with Crippen molar-refractivity contribution < 1.29 is 9.26 Å². The van der Waals surface area contributed by atoms with E-state index in [1.54, 1.807) is 0 Å². The molecule has 4 nitrogen and oxygen atoms in total. The highest BCUT2D eigenvalue weighted by Crippen LogP contribution is 2.21. The molecule has 2 rings (SSSR count). The van der Waals surface area contributed by atoms with Crippen molar-refractivity contribution in [3.8, 4) is 0 Å². The van der Waals surface area contributed by atoms with Crippen molar-refractivity contribution in [2.24, 2.45) is 0 Å². The summed E-state index contributed by atoms with van der Waals surface area (Å²) in [6.45, 7) is 4.35. The van der Waals surface area contributed by atoms with E-state index >= 15 is 0 Å². The molecular weight excluding hydrogens is 216 g/mol. The van der Waals surface area contributed by atoms with E-state index in [-0.39, 0.29) is 0 Å². The van der Waals surface area contributed by atoms with Crippen molar-refractivity contribution in [1.29, 1.82) is 0 Å². The van der Waals surface area contributed by atoms with Crippen LogP contribution < -0.4 is 5.32 Å². The standard InChI is InChI=1S/C13H22N2O2/c1-2-14-9-11-8-13(17-15-11)10-16-12-6-4-3-5-7-12/h8,12,14H,2-7,9-10H2,1H3. The Balaban J connectivity index is 1.72. The Morgan fingerprint density at radius 3 is 3.00 bits per heavy atom. The third kappa shape index (κ3) is 4.13. The van der Waals surface area contributed by atoms with E-state index < -0.39 is 0 Å². The van der Waals surface area contributed by atoms with Crippen molar-refractivity contribution in [2.75, 3.05) is 6.54 Å². The first-order chi connectivity index (χ1) is 8.38. The van der Waals surface area contributed by atoms with Crippen LogP contribution in [0.4, 0.5) is 0 Å². The summed E-state index contributed by atoms with van der Waals surface area (Å²) in [6, 6.07) is 1.98. The maximum atomic E-state index is 5.83. The lowest BCUT2D eigenvalue weighted by Gasteiger charge is -2.21. The Labute approximate surface area is 103 Å². The highest BCUT2D eigenvalue weighted by Gasteiger charge is 2.14. The Bertz CT molecular complexity index is 319. The SMILES string of the molecule is CCNCc1cc(COC2CCCCC2)on1. The molecule has 0 aliphatic heterocycles. The Morgan fingerprint density at radius 1 is 1.41 bits per heavy atom. The van der Waals surface area contributed by atoms with Gasteiger partial charge in [-0.3, -0.25) is 0 Å². The van der Waals surface area contributed by atoms with Crippen LogP contribution in [0, 0.1) is 0 Å². The summed E-state index contributed by atoms with van der Waals surface area (Å²) in [5, 5.41) is 7.22. The van der Waals surface area contributed by atoms with Gasteiger partial charge in [0.15, 0.2) is 5.76 Å². The first-order valence-electron chi connectivity index (χ1n) is 6.65. The quantitative estimate of drug-likeness (QED) is 0.827. The highest BCUT2D eigenvalue weighted by molar-refractivity contribution is 5.04. The van der Waals surface area contributed by atoms with Crippen molar-refractivity contribution in [3.63, 3.8) is 0 Å². The molecule has 1 aromatic rings. The zero-order valence-corrected chi connectivity index (χ0v) is 10.6. The highest BCUT2D eigenvalue weighted by atomic mass is 16.5. The first-order valence-corrected chi connectivity index (χ1v) is 6.65. The Hall–Kier alpha value is -0.870. The molecule has 0 amide bonds. The summed E-state index contributed by atoms with van der Waals surface area (Å²) in [4.78, 5) is 0. The van der Waals surface area contributed by atoms with E-state index in [1.807, 2.05) is 6.07 Å². The van der Waals surface area contributed by atoms with E-state index in [9.17, 15) is 0 Å². The second-order valence-corrected chi connectivity index (χ2v) is 4.64. The summed E-state index contributed by atoms with van der Waals surface area (Å²) >= 11 is 0. The Kier molecular flexibility index (Phi) is 5.01. The number of nitrogens with zero attached hydrogens (tertiary/aromatic N) is 1. The predicted molar refractivity (Wildman–Crippen MR) is 65.5 cm³/mol. The second-order valence-electron chi connectivity index (χ2n) is 4.64. The molecule has 0 unspecified atom stereocenters. The molecule has 17 heavy (non-hydrogen) atoms. The Morgan fingerprint density at radius 2 is 2.24 bits per heavy atom. The molecule has 0 radical (unpaired) electrons. The van der Waals surface area contributed by atoms with Crippen molar-refractivity contribution in [3.05, 3.63) is 17.5 Å². The third-order valence-electron chi connectivity index (χ3n) is 3.18. The van der Waals surface area contributed by atoms with Crippen LogP contribution in [0.5, 0.6) is 0 Å². The van der Waals surface area contributed by atoms with Gasteiger partial charge in [-0.15, -0.1) is 0 Å². The van der Waals surface area contributed by atoms with Crippen LogP contribution in [0.3, 0.4) is 0 Å². The van der Waals surface area contributed by atoms with E-state index in [4.69, 9.17) is 9.26 Å². The van der Waals surface area contributed by atoms with Crippen molar-refractivity contribution in [2.45, 2.75) is 58.3 Å². The van der Waals surface area contributed by atoms with Crippen molar-refractivity contribution >= 4 is 0 Å². The van der Waals surface area contributed by atoms with Gasteiger partial charge in [-0.2, -0.15) is 0 Å².